The van der Waals surface area contributed by atoms with Gasteiger partial charge in [0.25, 0.3) is 0 Å². The Balaban J connectivity index is 4.05. The molecule has 0 aromatic carbocycles. The van der Waals surface area contributed by atoms with Gasteiger partial charge in [0, 0.05) is 6.54 Å². The van der Waals surface area contributed by atoms with Gasteiger partial charge < -0.3 is 16.4 Å². The fraction of sp³-hybridized carbons (Fsp3) is 0.800. The van der Waals surface area contributed by atoms with Crippen LogP contribution in [-0.2, 0) is 4.79 Å². The Kier molecular flexibility index (Phi) is 7.03. The molecule has 4 N–H and O–H groups in total. The van der Waals surface area contributed by atoms with Gasteiger partial charge in [0.15, 0.2) is 5.11 Å². The molecule has 1 amide bonds. The molecule has 88 valence electrons. The lowest BCUT2D eigenvalue weighted by Crippen LogP contribution is -2.49. The molecule has 0 aliphatic rings. The van der Waals surface area contributed by atoms with Gasteiger partial charge in [0.2, 0.25) is 5.91 Å². The molecule has 0 aromatic heterocycles. The molecule has 0 aliphatic heterocycles. The molecule has 0 saturated heterocycles. The van der Waals surface area contributed by atoms with E-state index in [9.17, 15) is 4.79 Å². The van der Waals surface area contributed by atoms with E-state index in [-0.39, 0.29) is 11.9 Å². The zero-order chi connectivity index (χ0) is 11.8. The Morgan fingerprint density at radius 3 is 2.47 bits per heavy atom. The van der Waals surface area contributed by atoms with Gasteiger partial charge in [-0.05, 0) is 31.0 Å². The Morgan fingerprint density at radius 1 is 1.47 bits per heavy atom. The van der Waals surface area contributed by atoms with Gasteiger partial charge in [0.05, 0.1) is 0 Å². The smallest absolute Gasteiger partial charge is 0.239 e. The van der Waals surface area contributed by atoms with Gasteiger partial charge in [-0.15, -0.1) is 0 Å². The number of hydrogen-bond donors (Lipinski definition) is 3. The molecule has 0 fully saturated rings. The number of carbonyl (C=O) groups excluding carboxylic acids is 1. The first-order valence-electron chi connectivity index (χ1n) is 5.31. The van der Waals surface area contributed by atoms with Crippen molar-refractivity contribution < 1.29 is 4.79 Å². The highest BCUT2D eigenvalue weighted by Crippen LogP contribution is 2.03. The fourth-order valence-electron chi connectivity index (χ4n) is 1.17. The highest BCUT2D eigenvalue weighted by molar-refractivity contribution is 7.80. The SMILES string of the molecule is CCCNC(=S)N[C@@H](CC(C)C)C(N)=O. The Morgan fingerprint density at radius 2 is 2.07 bits per heavy atom. The molecule has 0 radical (unpaired) electrons. The zero-order valence-electron chi connectivity index (χ0n) is 9.67. The minimum atomic E-state index is -0.373. The van der Waals surface area contributed by atoms with Crippen molar-refractivity contribution in [3.05, 3.63) is 0 Å². The lowest BCUT2D eigenvalue weighted by Gasteiger charge is -2.19. The number of nitrogens with two attached hydrogens (primary N) is 1. The maximum Gasteiger partial charge on any atom is 0.239 e. The van der Waals surface area contributed by atoms with Gasteiger partial charge in [-0.1, -0.05) is 20.8 Å². The summed E-state index contributed by atoms with van der Waals surface area (Å²) in [6.07, 6.45) is 1.69. The molecule has 15 heavy (non-hydrogen) atoms. The van der Waals surface area contributed by atoms with E-state index < -0.39 is 0 Å². The number of rotatable bonds is 6. The quantitative estimate of drug-likeness (QED) is 0.590. The molecule has 0 aromatic rings. The number of nitrogens with one attached hydrogen (secondary N) is 2. The van der Waals surface area contributed by atoms with Crippen LogP contribution in [0.25, 0.3) is 0 Å². The average molecular weight is 231 g/mol. The number of hydrogen-bond acceptors (Lipinski definition) is 2. The van der Waals surface area contributed by atoms with Crippen molar-refractivity contribution in [2.75, 3.05) is 6.54 Å². The highest BCUT2D eigenvalue weighted by Gasteiger charge is 2.17. The minimum absolute atomic E-state index is 0.357. The normalized spacial score (nSPS) is 12.3. The van der Waals surface area contributed by atoms with E-state index in [2.05, 4.69) is 17.6 Å². The molecule has 0 saturated carbocycles. The molecule has 0 rings (SSSR count). The van der Waals surface area contributed by atoms with Crippen LogP contribution in [-0.4, -0.2) is 23.6 Å². The van der Waals surface area contributed by atoms with E-state index in [0.29, 0.717) is 17.5 Å². The standard InChI is InChI=1S/C10H21N3OS/c1-4-5-12-10(15)13-8(9(11)14)6-7(2)3/h7-8H,4-6H2,1-3H3,(H2,11,14)(H2,12,13,15)/t8-/m0/s1. The molecule has 0 unspecified atom stereocenters. The summed E-state index contributed by atoms with van der Waals surface area (Å²) in [5, 5.41) is 6.43. The Bertz CT molecular complexity index is 219. The molecule has 4 nitrogen and oxygen atoms in total. The number of amides is 1. The topological polar surface area (TPSA) is 67.2 Å². The first-order chi connectivity index (χ1) is 6.97. The second kappa shape index (κ2) is 7.45. The average Bonchev–Trinajstić information content (AvgIpc) is 2.12. The fourth-order valence-corrected chi connectivity index (χ4v) is 1.41. The van der Waals surface area contributed by atoms with E-state index in [0.717, 1.165) is 13.0 Å². The first kappa shape index (κ1) is 14.2. The van der Waals surface area contributed by atoms with Gasteiger partial charge in [0.1, 0.15) is 6.04 Å². The van der Waals surface area contributed by atoms with Crippen LogP contribution < -0.4 is 16.4 Å². The summed E-state index contributed by atoms with van der Waals surface area (Å²) < 4.78 is 0. The second-order valence-corrected chi connectivity index (χ2v) is 4.39. The highest BCUT2D eigenvalue weighted by atomic mass is 32.1. The summed E-state index contributed by atoms with van der Waals surface area (Å²) in [5.74, 6) is 0.0494. The molecular formula is C10H21N3OS. The van der Waals surface area contributed by atoms with Gasteiger partial charge in [-0.3, -0.25) is 4.79 Å². The first-order valence-corrected chi connectivity index (χ1v) is 5.71. The van der Waals surface area contributed by atoms with Crippen LogP contribution in [0.1, 0.15) is 33.6 Å². The van der Waals surface area contributed by atoms with Crippen LogP contribution in [0.5, 0.6) is 0 Å². The summed E-state index contributed by atoms with van der Waals surface area (Å²) in [6, 6.07) is -0.373. The predicted molar refractivity (Wildman–Crippen MR) is 66.5 cm³/mol. The van der Waals surface area contributed by atoms with E-state index in [1.165, 1.54) is 0 Å². The third-order valence-electron chi connectivity index (χ3n) is 1.89. The summed E-state index contributed by atoms with van der Waals surface area (Å²) in [5.41, 5.74) is 5.27. The minimum Gasteiger partial charge on any atom is -0.368 e. The van der Waals surface area contributed by atoms with Gasteiger partial charge in [-0.25, -0.2) is 0 Å². The Hall–Kier alpha value is -0.840. The molecule has 5 heteroatoms. The number of primary amides is 1. The van der Waals surface area contributed by atoms with E-state index in [1.54, 1.807) is 0 Å². The van der Waals surface area contributed by atoms with Crippen LogP contribution in [0, 0.1) is 5.92 Å². The molecule has 0 bridgehead atoms. The largest absolute Gasteiger partial charge is 0.368 e. The van der Waals surface area contributed by atoms with Crippen molar-refractivity contribution in [2.45, 2.75) is 39.7 Å². The van der Waals surface area contributed by atoms with Crippen molar-refractivity contribution in [3.8, 4) is 0 Å². The molecule has 1 atom stereocenters. The zero-order valence-corrected chi connectivity index (χ0v) is 10.5. The molecule has 0 aliphatic carbocycles. The number of carbonyl (C=O) groups is 1. The predicted octanol–water partition coefficient (Wildman–Crippen LogP) is 0.760. The van der Waals surface area contributed by atoms with Crippen LogP contribution in [0.4, 0.5) is 0 Å². The van der Waals surface area contributed by atoms with Crippen molar-refractivity contribution in [2.24, 2.45) is 11.7 Å². The lowest BCUT2D eigenvalue weighted by molar-refractivity contribution is -0.120. The second-order valence-electron chi connectivity index (χ2n) is 3.98. The van der Waals surface area contributed by atoms with Gasteiger partial charge in [-0.2, -0.15) is 0 Å². The van der Waals surface area contributed by atoms with Crippen molar-refractivity contribution >= 4 is 23.2 Å². The van der Waals surface area contributed by atoms with Crippen molar-refractivity contribution in [3.63, 3.8) is 0 Å². The van der Waals surface area contributed by atoms with Crippen LogP contribution in [0.15, 0.2) is 0 Å². The van der Waals surface area contributed by atoms with Crippen molar-refractivity contribution in [1.82, 2.24) is 10.6 Å². The van der Waals surface area contributed by atoms with Crippen LogP contribution in [0.3, 0.4) is 0 Å². The number of thiocarbonyl (C=S) groups is 1. The summed E-state index contributed by atoms with van der Waals surface area (Å²) in [6.45, 7) is 6.94. The Labute approximate surface area is 97.0 Å². The van der Waals surface area contributed by atoms with Crippen molar-refractivity contribution in [1.29, 1.82) is 0 Å². The van der Waals surface area contributed by atoms with Crippen LogP contribution in [0.2, 0.25) is 0 Å². The molecule has 0 spiro atoms. The molecule has 0 heterocycles. The lowest BCUT2D eigenvalue weighted by atomic mass is 10.0. The summed E-state index contributed by atoms with van der Waals surface area (Å²) in [4.78, 5) is 11.1. The monoisotopic (exact) mass is 231 g/mol. The maximum absolute atomic E-state index is 11.1. The van der Waals surface area contributed by atoms with E-state index in [4.69, 9.17) is 18.0 Å². The van der Waals surface area contributed by atoms with E-state index >= 15 is 0 Å². The third kappa shape index (κ3) is 7.13. The van der Waals surface area contributed by atoms with Crippen LogP contribution >= 0.6 is 12.2 Å². The summed E-state index contributed by atoms with van der Waals surface area (Å²) in [7, 11) is 0. The van der Waals surface area contributed by atoms with Gasteiger partial charge >= 0.3 is 0 Å². The maximum atomic E-state index is 11.1. The molecular weight excluding hydrogens is 210 g/mol. The third-order valence-corrected chi connectivity index (χ3v) is 2.15. The summed E-state index contributed by atoms with van der Waals surface area (Å²) >= 11 is 5.04. The van der Waals surface area contributed by atoms with E-state index in [1.807, 2.05) is 13.8 Å².